The van der Waals surface area contributed by atoms with Crippen LogP contribution in [0, 0.1) is 11.8 Å². The van der Waals surface area contributed by atoms with Crippen LogP contribution >= 0.6 is 21.6 Å². The van der Waals surface area contributed by atoms with Gasteiger partial charge in [-0.15, -0.1) is 0 Å². The second-order valence-corrected chi connectivity index (χ2v) is 21.3. The largest absolute Gasteiger partial charge is 0.453 e. The number of nitrogens with two attached hydrogens (primary N) is 1. The number of carbonyl (C=O) groups is 2. The Morgan fingerprint density at radius 3 is 2.19 bits per heavy atom. The summed E-state index contributed by atoms with van der Waals surface area (Å²) >= 11 is 0. The van der Waals surface area contributed by atoms with Crippen LogP contribution in [0.25, 0.3) is 0 Å². The Bertz CT molecular complexity index is 1760. The third kappa shape index (κ3) is 23.0. The minimum absolute atomic E-state index is 0.0695. The highest BCUT2D eigenvalue weighted by atomic mass is 33.1. The standard InChI is InChI=1S/C52H88N4O16S2/c1-8-10-11-13-44(47-40(16-33-73-74-39-14-19-55(5)20-15-39)52(4,60)36-43(58)48(47)54-51(59)62-7)71-50-49(42(57)34-38(3)70-50)72-46-35-45(61-6)41(37-69-46)56(9-2)18-12-21-63-23-25-65-27-29-67-31-32-68-30-28-66-26-24-64-22-17-53/h8,10,16,38-39,41-42,44-46,49-50,57,60H,9,12,14-15,17-37,53H2,1-7H3,(H,54,59)/b10-8-,40-16+/t38-,41+,42+,44+,45+,46+,49?,50+,52+/m1/s1. The van der Waals surface area contributed by atoms with E-state index in [4.69, 9.17) is 62.6 Å². The van der Waals surface area contributed by atoms with Crippen molar-refractivity contribution in [1.29, 1.82) is 0 Å². The van der Waals surface area contributed by atoms with Crippen LogP contribution in [0.3, 0.4) is 0 Å². The maximum Gasteiger partial charge on any atom is 0.411 e. The summed E-state index contributed by atoms with van der Waals surface area (Å²) in [5.74, 6) is 6.06. The van der Waals surface area contributed by atoms with Crippen LogP contribution in [-0.2, 0) is 61.6 Å². The summed E-state index contributed by atoms with van der Waals surface area (Å²) in [5, 5.41) is 26.7. The number of piperidine rings is 1. The van der Waals surface area contributed by atoms with Gasteiger partial charge in [-0.1, -0.05) is 52.5 Å². The van der Waals surface area contributed by atoms with Crippen molar-refractivity contribution in [3.8, 4) is 11.8 Å². The summed E-state index contributed by atoms with van der Waals surface area (Å²) in [4.78, 5) is 31.4. The van der Waals surface area contributed by atoms with Crippen LogP contribution in [0.2, 0.25) is 0 Å². The van der Waals surface area contributed by atoms with E-state index in [-0.39, 0.29) is 36.3 Å². The average Bonchev–Trinajstić information content (AvgIpc) is 3.38. The van der Waals surface area contributed by atoms with E-state index in [1.165, 1.54) is 7.11 Å². The van der Waals surface area contributed by atoms with Crippen molar-refractivity contribution in [2.24, 2.45) is 5.73 Å². The highest BCUT2D eigenvalue weighted by molar-refractivity contribution is 8.77. The monoisotopic (exact) mass is 1090 g/mol. The minimum Gasteiger partial charge on any atom is -0.453 e. The van der Waals surface area contributed by atoms with Gasteiger partial charge in [0, 0.05) is 62.6 Å². The highest BCUT2D eigenvalue weighted by Crippen LogP contribution is 2.41. The summed E-state index contributed by atoms with van der Waals surface area (Å²) in [7, 11) is 8.47. The summed E-state index contributed by atoms with van der Waals surface area (Å²) in [5.41, 5.74) is 4.18. The third-order valence-corrected chi connectivity index (χ3v) is 15.6. The van der Waals surface area contributed by atoms with E-state index in [1.54, 1.807) is 37.0 Å². The molecular weight excluding hydrogens is 1000 g/mol. The Hall–Kier alpha value is -2.22. The molecule has 0 radical (unpaired) electrons. The van der Waals surface area contributed by atoms with E-state index in [0.29, 0.717) is 115 Å². The maximum atomic E-state index is 13.9. The predicted molar refractivity (Wildman–Crippen MR) is 284 cm³/mol. The molecule has 4 rings (SSSR count). The first-order chi connectivity index (χ1) is 35.8. The number of ether oxygens (including phenoxy) is 12. The van der Waals surface area contributed by atoms with E-state index < -0.39 is 54.5 Å². The molecule has 3 aliphatic heterocycles. The van der Waals surface area contributed by atoms with Gasteiger partial charge in [0.2, 0.25) is 0 Å². The number of aliphatic hydroxyl groups excluding tert-OH is 1. The number of nitrogens with one attached hydrogen (secondary N) is 1. The molecule has 4 aliphatic rings. The van der Waals surface area contributed by atoms with Crippen molar-refractivity contribution < 1.29 is 76.6 Å². The zero-order valence-electron chi connectivity index (χ0n) is 45.0. The number of aliphatic hydroxyl groups is 2. The molecule has 9 atom stereocenters. The molecule has 0 bridgehead atoms. The van der Waals surface area contributed by atoms with Crippen LogP contribution in [0.5, 0.6) is 0 Å². The topological polar surface area (TPSA) is 230 Å². The van der Waals surface area contributed by atoms with Crippen molar-refractivity contribution in [3.05, 3.63) is 35.1 Å². The van der Waals surface area contributed by atoms with Gasteiger partial charge in [0.25, 0.3) is 0 Å². The maximum absolute atomic E-state index is 13.9. The smallest absolute Gasteiger partial charge is 0.411 e. The Kier molecular flexibility index (Phi) is 32.0. The first-order valence-corrected chi connectivity index (χ1v) is 28.6. The summed E-state index contributed by atoms with van der Waals surface area (Å²) < 4.78 is 70.3. The number of Topliss-reactive ketones (excluding diaryl/α,β-unsaturated/α-hetero) is 1. The van der Waals surface area contributed by atoms with E-state index in [1.807, 2.05) is 30.7 Å². The Balaban J connectivity index is 1.32. The summed E-state index contributed by atoms with van der Waals surface area (Å²) in [6.45, 7) is 17.7. The summed E-state index contributed by atoms with van der Waals surface area (Å²) in [6.07, 6.45) is 1.53. The van der Waals surface area contributed by atoms with Gasteiger partial charge in [-0.25, -0.2) is 4.79 Å². The molecule has 0 aromatic rings. The van der Waals surface area contributed by atoms with Crippen molar-refractivity contribution in [3.63, 3.8) is 0 Å². The lowest BCUT2D eigenvalue weighted by Crippen LogP contribution is -2.57. The number of nitrogens with zero attached hydrogens (tertiary/aromatic N) is 2. The van der Waals surface area contributed by atoms with Crippen molar-refractivity contribution >= 4 is 33.5 Å². The zero-order valence-corrected chi connectivity index (χ0v) is 46.6. The van der Waals surface area contributed by atoms with Crippen LogP contribution in [0.4, 0.5) is 4.79 Å². The molecule has 0 spiro atoms. The minimum atomic E-state index is -1.64. The number of hydrogen-bond acceptors (Lipinski definition) is 21. The van der Waals surface area contributed by atoms with Crippen LogP contribution < -0.4 is 11.1 Å². The molecule has 3 fully saturated rings. The first kappa shape index (κ1) is 64.3. The molecule has 1 unspecified atom stereocenters. The predicted octanol–water partition coefficient (Wildman–Crippen LogP) is 3.47. The fourth-order valence-electron chi connectivity index (χ4n) is 8.90. The lowest BCUT2D eigenvalue weighted by Gasteiger charge is -2.45. The van der Waals surface area contributed by atoms with E-state index in [9.17, 15) is 19.8 Å². The fraction of sp³-hybridized carbons (Fsp3) is 0.808. The van der Waals surface area contributed by atoms with Crippen molar-refractivity contribution in [2.75, 3.05) is 146 Å². The molecule has 3 heterocycles. The molecule has 0 aromatic carbocycles. The number of allylic oxidation sites excluding steroid dienone is 3. The van der Waals surface area contributed by atoms with Gasteiger partial charge in [0.1, 0.15) is 12.2 Å². The molecule has 22 heteroatoms. The van der Waals surface area contributed by atoms with Gasteiger partial charge < -0.3 is 77.7 Å². The molecule has 1 aliphatic carbocycles. The number of likely N-dealkylation sites (N-methyl/N-ethyl adjacent to an activating group) is 1. The molecule has 74 heavy (non-hydrogen) atoms. The Labute approximate surface area is 448 Å². The molecule has 1 amide bonds. The molecule has 0 saturated carbocycles. The number of alkyl carbamates (subject to hydrolysis) is 1. The highest BCUT2D eigenvalue weighted by Gasteiger charge is 2.47. The normalized spacial score (nSPS) is 27.3. The van der Waals surface area contributed by atoms with Crippen LogP contribution in [0.1, 0.15) is 66.2 Å². The SMILES string of the molecule is C/C=C\C#C[C@H](O[C@@H]1O[C@H](C)C[C@H](O)C1O[C@H]1C[C@H](OC)[C@@H](N(CC)CCCOCCOCCOCCOCCOCCOCCN)CO1)C1=C(NC(=O)OC)C(=O)C[C@](C)(O)/C1=C/CSSC1CCN(C)CC1. The Morgan fingerprint density at radius 1 is 0.986 bits per heavy atom. The number of methoxy groups -OCH3 is 2. The fourth-order valence-corrected chi connectivity index (χ4v) is 11.4. The van der Waals surface area contributed by atoms with Crippen LogP contribution in [-0.4, -0.2) is 238 Å². The molecule has 3 saturated heterocycles. The number of likely N-dealkylation sites (tertiary alicyclic amines) is 1. The molecule has 20 nitrogen and oxygen atoms in total. The third-order valence-electron chi connectivity index (χ3n) is 12.8. The van der Waals surface area contributed by atoms with E-state index >= 15 is 0 Å². The number of rotatable bonds is 34. The summed E-state index contributed by atoms with van der Waals surface area (Å²) in [6, 6.07) is -0.0695. The van der Waals surface area contributed by atoms with E-state index in [0.717, 1.165) is 45.4 Å². The van der Waals surface area contributed by atoms with Gasteiger partial charge in [-0.2, -0.15) is 0 Å². The molecule has 424 valence electrons. The lowest BCUT2D eigenvalue weighted by atomic mass is 9.76. The molecular formula is C52H88N4O16S2. The van der Waals surface area contributed by atoms with Gasteiger partial charge in [0.05, 0.1) is 122 Å². The molecule has 0 aromatic heterocycles. The van der Waals surface area contributed by atoms with Gasteiger partial charge in [0.15, 0.2) is 18.4 Å². The number of carbonyl (C=O) groups excluding carboxylic acids is 2. The number of amides is 1. The van der Waals surface area contributed by atoms with E-state index in [2.05, 4.69) is 40.9 Å². The van der Waals surface area contributed by atoms with Crippen molar-refractivity contribution in [1.82, 2.24) is 15.1 Å². The second-order valence-electron chi connectivity index (χ2n) is 18.6. The number of hydrogen-bond donors (Lipinski definition) is 4. The number of ketones is 1. The van der Waals surface area contributed by atoms with Gasteiger partial charge in [-0.05, 0) is 78.4 Å². The van der Waals surface area contributed by atoms with Gasteiger partial charge in [-0.3, -0.25) is 15.0 Å². The van der Waals surface area contributed by atoms with Gasteiger partial charge >= 0.3 is 6.09 Å². The molecule has 5 N–H and O–H groups in total. The second kappa shape index (κ2) is 36.8. The lowest BCUT2D eigenvalue weighted by molar-refractivity contribution is -0.321. The van der Waals surface area contributed by atoms with Crippen LogP contribution in [0.15, 0.2) is 35.1 Å². The van der Waals surface area contributed by atoms with Crippen molar-refractivity contribution in [2.45, 2.75) is 126 Å². The first-order valence-electron chi connectivity index (χ1n) is 26.2. The Morgan fingerprint density at radius 2 is 1.61 bits per heavy atom. The quantitative estimate of drug-likeness (QED) is 0.0411. The average molecular weight is 1090 g/mol. The zero-order chi connectivity index (χ0) is 53.6.